The Hall–Kier alpha value is -0.970. The summed E-state index contributed by atoms with van der Waals surface area (Å²) < 4.78 is 0. The van der Waals surface area contributed by atoms with Crippen molar-refractivity contribution in [1.82, 2.24) is 5.32 Å². The van der Waals surface area contributed by atoms with Gasteiger partial charge in [-0.1, -0.05) is 11.6 Å². The molecule has 1 unspecified atom stereocenters. The van der Waals surface area contributed by atoms with Crippen molar-refractivity contribution in [3.63, 3.8) is 0 Å². The van der Waals surface area contributed by atoms with Crippen LogP contribution < -0.4 is 10.6 Å². The first-order valence-electron chi connectivity index (χ1n) is 5.19. The van der Waals surface area contributed by atoms with E-state index in [-0.39, 0.29) is 30.1 Å². The summed E-state index contributed by atoms with van der Waals surface area (Å²) in [7, 11) is 0. The van der Waals surface area contributed by atoms with Crippen LogP contribution in [-0.2, 0) is 4.79 Å². The number of rotatable bonds is 2. The third kappa shape index (κ3) is 3.49. The van der Waals surface area contributed by atoms with E-state index in [1.54, 1.807) is 12.1 Å². The molecule has 1 fully saturated rings. The predicted octanol–water partition coefficient (Wildman–Crippen LogP) is 2.16. The molecule has 1 heterocycles. The number of nitrogens with one attached hydrogen (secondary N) is 2. The molecule has 0 spiro atoms. The Labute approximate surface area is 111 Å². The minimum Gasteiger partial charge on any atom is -0.506 e. The summed E-state index contributed by atoms with van der Waals surface area (Å²) in [4.78, 5) is 11.7. The van der Waals surface area contributed by atoms with E-state index in [9.17, 15) is 9.90 Å². The third-order valence-corrected chi connectivity index (χ3v) is 2.83. The summed E-state index contributed by atoms with van der Waals surface area (Å²) in [6.45, 7) is 0.866. The number of aromatic hydroxyl groups is 1. The molecule has 1 aliphatic heterocycles. The van der Waals surface area contributed by atoms with Crippen LogP contribution in [0.15, 0.2) is 18.2 Å². The van der Waals surface area contributed by atoms with E-state index in [2.05, 4.69) is 10.6 Å². The van der Waals surface area contributed by atoms with Crippen LogP contribution in [0.1, 0.15) is 12.8 Å². The Kier molecular flexibility index (Phi) is 5.05. The van der Waals surface area contributed by atoms with Gasteiger partial charge in [0.15, 0.2) is 0 Å². The van der Waals surface area contributed by atoms with Crippen LogP contribution in [-0.4, -0.2) is 23.6 Å². The molecular formula is C11H14Cl2N2O2. The fourth-order valence-electron chi connectivity index (χ4n) is 1.74. The van der Waals surface area contributed by atoms with Gasteiger partial charge in [-0.15, -0.1) is 12.4 Å². The van der Waals surface area contributed by atoms with Crippen LogP contribution in [0.5, 0.6) is 5.75 Å². The van der Waals surface area contributed by atoms with Gasteiger partial charge in [-0.3, -0.25) is 4.79 Å². The van der Waals surface area contributed by atoms with Crippen LogP contribution in [0.4, 0.5) is 5.69 Å². The summed E-state index contributed by atoms with van der Waals surface area (Å²) >= 11 is 5.70. The normalized spacial score (nSPS) is 18.5. The molecule has 0 aromatic heterocycles. The maximum absolute atomic E-state index is 11.7. The van der Waals surface area contributed by atoms with Gasteiger partial charge in [0.25, 0.3) is 0 Å². The molecule has 2 rings (SSSR count). The molecular weight excluding hydrogens is 263 g/mol. The summed E-state index contributed by atoms with van der Waals surface area (Å²) in [5.41, 5.74) is 0.392. The molecule has 4 nitrogen and oxygen atoms in total. The standard InChI is InChI=1S/C11H13ClN2O2.ClH/c12-7-3-4-8(10(15)6-7)14-11(16)9-2-1-5-13-9;/h3-4,6,9,13,15H,1-2,5H2,(H,14,16);1H. The maximum Gasteiger partial charge on any atom is 0.241 e. The zero-order valence-electron chi connectivity index (χ0n) is 9.07. The van der Waals surface area contributed by atoms with Gasteiger partial charge in [0.2, 0.25) is 5.91 Å². The van der Waals surface area contributed by atoms with E-state index in [0.29, 0.717) is 10.7 Å². The lowest BCUT2D eigenvalue weighted by Gasteiger charge is -2.12. The Balaban J connectivity index is 0.00000144. The fourth-order valence-corrected chi connectivity index (χ4v) is 1.91. The number of phenols is 1. The minimum absolute atomic E-state index is 0. The molecule has 1 atom stereocenters. The lowest BCUT2D eigenvalue weighted by atomic mass is 10.2. The molecule has 1 aromatic rings. The van der Waals surface area contributed by atoms with E-state index in [0.717, 1.165) is 19.4 Å². The summed E-state index contributed by atoms with van der Waals surface area (Å²) in [5, 5.41) is 15.8. The topological polar surface area (TPSA) is 61.4 Å². The summed E-state index contributed by atoms with van der Waals surface area (Å²) in [6, 6.07) is 4.46. The SMILES string of the molecule is Cl.O=C(Nc1ccc(Cl)cc1O)C1CCCN1. The van der Waals surface area contributed by atoms with Gasteiger partial charge in [0, 0.05) is 11.1 Å². The number of benzene rings is 1. The highest BCUT2D eigenvalue weighted by atomic mass is 35.5. The maximum atomic E-state index is 11.7. The first kappa shape index (κ1) is 14.1. The number of phenolic OH excluding ortho intramolecular Hbond substituents is 1. The Morgan fingerprint density at radius 3 is 2.88 bits per heavy atom. The Morgan fingerprint density at radius 2 is 2.29 bits per heavy atom. The summed E-state index contributed by atoms with van der Waals surface area (Å²) in [5.74, 6) is -0.131. The second kappa shape index (κ2) is 6.10. The van der Waals surface area contributed by atoms with Crippen LogP contribution >= 0.6 is 24.0 Å². The first-order chi connectivity index (χ1) is 7.66. The lowest BCUT2D eigenvalue weighted by molar-refractivity contribution is -0.117. The number of hydrogen-bond acceptors (Lipinski definition) is 3. The van der Waals surface area contributed by atoms with E-state index >= 15 is 0 Å². The van der Waals surface area contributed by atoms with Crippen LogP contribution in [0.2, 0.25) is 5.02 Å². The zero-order valence-corrected chi connectivity index (χ0v) is 10.6. The monoisotopic (exact) mass is 276 g/mol. The third-order valence-electron chi connectivity index (χ3n) is 2.59. The Bertz CT molecular complexity index is 406. The highest BCUT2D eigenvalue weighted by Crippen LogP contribution is 2.26. The van der Waals surface area contributed by atoms with Gasteiger partial charge in [0.1, 0.15) is 5.75 Å². The van der Waals surface area contributed by atoms with Crippen molar-refractivity contribution in [2.45, 2.75) is 18.9 Å². The molecule has 1 saturated heterocycles. The van der Waals surface area contributed by atoms with Gasteiger partial charge in [-0.2, -0.15) is 0 Å². The fraction of sp³-hybridized carbons (Fsp3) is 0.364. The first-order valence-corrected chi connectivity index (χ1v) is 5.57. The smallest absolute Gasteiger partial charge is 0.241 e. The molecule has 0 bridgehead atoms. The van der Waals surface area contributed by atoms with E-state index in [1.165, 1.54) is 6.07 Å². The highest BCUT2D eigenvalue weighted by molar-refractivity contribution is 6.30. The molecule has 17 heavy (non-hydrogen) atoms. The van der Waals surface area contributed by atoms with Gasteiger partial charge in [-0.05, 0) is 31.5 Å². The van der Waals surface area contributed by atoms with Crippen LogP contribution in [0.25, 0.3) is 0 Å². The zero-order chi connectivity index (χ0) is 11.5. The van der Waals surface area contributed by atoms with E-state index in [1.807, 2.05) is 0 Å². The van der Waals surface area contributed by atoms with Crippen molar-refractivity contribution >= 4 is 35.6 Å². The molecule has 1 amide bonds. The average molecular weight is 277 g/mol. The minimum atomic E-state index is -0.157. The second-order valence-electron chi connectivity index (χ2n) is 3.80. The number of carbonyl (C=O) groups is 1. The summed E-state index contributed by atoms with van der Waals surface area (Å²) in [6.07, 6.45) is 1.84. The number of hydrogen-bond donors (Lipinski definition) is 3. The number of amides is 1. The van der Waals surface area contributed by atoms with Crippen molar-refractivity contribution in [3.05, 3.63) is 23.2 Å². The predicted molar refractivity (Wildman–Crippen MR) is 70.0 cm³/mol. The highest BCUT2D eigenvalue weighted by Gasteiger charge is 2.22. The molecule has 1 aliphatic rings. The lowest BCUT2D eigenvalue weighted by Crippen LogP contribution is -2.35. The number of carbonyl (C=O) groups excluding carboxylic acids is 1. The number of halogens is 2. The second-order valence-corrected chi connectivity index (χ2v) is 4.24. The van der Waals surface area contributed by atoms with Crippen molar-refractivity contribution in [3.8, 4) is 5.75 Å². The van der Waals surface area contributed by atoms with Gasteiger partial charge in [0.05, 0.1) is 11.7 Å². The van der Waals surface area contributed by atoms with Crippen molar-refractivity contribution in [1.29, 1.82) is 0 Å². The van der Waals surface area contributed by atoms with Crippen LogP contribution in [0, 0.1) is 0 Å². The van der Waals surface area contributed by atoms with Gasteiger partial charge in [-0.25, -0.2) is 0 Å². The van der Waals surface area contributed by atoms with E-state index in [4.69, 9.17) is 11.6 Å². The Morgan fingerprint density at radius 1 is 1.53 bits per heavy atom. The molecule has 0 radical (unpaired) electrons. The van der Waals surface area contributed by atoms with Crippen molar-refractivity contribution < 1.29 is 9.90 Å². The van der Waals surface area contributed by atoms with E-state index < -0.39 is 0 Å². The van der Waals surface area contributed by atoms with Gasteiger partial charge < -0.3 is 15.7 Å². The molecule has 6 heteroatoms. The van der Waals surface area contributed by atoms with Crippen molar-refractivity contribution in [2.75, 3.05) is 11.9 Å². The number of anilines is 1. The molecule has 3 N–H and O–H groups in total. The molecule has 0 aliphatic carbocycles. The quantitative estimate of drug-likeness (QED) is 0.726. The molecule has 94 valence electrons. The largest absolute Gasteiger partial charge is 0.506 e. The average Bonchev–Trinajstić information content (AvgIpc) is 2.75. The van der Waals surface area contributed by atoms with Gasteiger partial charge >= 0.3 is 0 Å². The molecule has 1 aromatic carbocycles. The molecule has 0 saturated carbocycles. The van der Waals surface area contributed by atoms with Crippen LogP contribution in [0.3, 0.4) is 0 Å². The van der Waals surface area contributed by atoms with Crippen molar-refractivity contribution in [2.24, 2.45) is 0 Å².